The summed E-state index contributed by atoms with van der Waals surface area (Å²) in [5, 5.41) is 10.3. The molecule has 78 valence electrons. The summed E-state index contributed by atoms with van der Waals surface area (Å²) in [6, 6.07) is 0. The second-order valence-electron chi connectivity index (χ2n) is 4.31. The second-order valence-corrected chi connectivity index (χ2v) is 5.26. The van der Waals surface area contributed by atoms with Gasteiger partial charge in [-0.05, 0) is 26.7 Å². The van der Waals surface area contributed by atoms with Crippen molar-refractivity contribution in [3.8, 4) is 0 Å². The van der Waals surface area contributed by atoms with Gasteiger partial charge in [0.25, 0.3) is 0 Å². The number of hydrogen-bond donors (Lipinski definition) is 1. The first-order valence-electron chi connectivity index (χ1n) is 4.95. The standard InChI is InChI=1S/C9H16N4S/c1-9(2,10)7-11-12-8(14-7)13-5-3-4-6-13/h3-6,10H2,1-2H3. The molecule has 2 heterocycles. The molecule has 5 heteroatoms. The maximum absolute atomic E-state index is 5.96. The normalized spacial score (nSPS) is 17.8. The number of anilines is 1. The summed E-state index contributed by atoms with van der Waals surface area (Å²) in [5.74, 6) is 0. The maximum Gasteiger partial charge on any atom is 0.208 e. The highest BCUT2D eigenvalue weighted by molar-refractivity contribution is 7.15. The van der Waals surface area contributed by atoms with Crippen LogP contribution in [0.1, 0.15) is 31.7 Å². The Hall–Kier alpha value is -0.680. The van der Waals surface area contributed by atoms with Crippen LogP contribution in [0.2, 0.25) is 0 Å². The first-order valence-corrected chi connectivity index (χ1v) is 5.77. The summed E-state index contributed by atoms with van der Waals surface area (Å²) >= 11 is 1.62. The lowest BCUT2D eigenvalue weighted by Crippen LogP contribution is -2.28. The summed E-state index contributed by atoms with van der Waals surface area (Å²) in [5.41, 5.74) is 5.59. The van der Waals surface area contributed by atoms with Crippen LogP contribution in [-0.4, -0.2) is 23.3 Å². The van der Waals surface area contributed by atoms with Crippen LogP contribution in [0.15, 0.2) is 0 Å². The van der Waals surface area contributed by atoms with Crippen LogP contribution >= 0.6 is 11.3 Å². The zero-order chi connectivity index (χ0) is 10.2. The van der Waals surface area contributed by atoms with Crippen LogP contribution in [0.25, 0.3) is 0 Å². The quantitative estimate of drug-likeness (QED) is 0.803. The van der Waals surface area contributed by atoms with Gasteiger partial charge in [0.05, 0.1) is 5.54 Å². The molecule has 1 aliphatic heterocycles. The van der Waals surface area contributed by atoms with E-state index in [-0.39, 0.29) is 5.54 Å². The predicted molar refractivity (Wildman–Crippen MR) is 58.6 cm³/mol. The van der Waals surface area contributed by atoms with Crippen molar-refractivity contribution >= 4 is 16.5 Å². The Morgan fingerprint density at radius 2 is 1.93 bits per heavy atom. The lowest BCUT2D eigenvalue weighted by Gasteiger charge is -2.14. The minimum absolute atomic E-state index is 0.365. The Bertz CT molecular complexity index is 309. The van der Waals surface area contributed by atoms with E-state index >= 15 is 0 Å². The highest BCUT2D eigenvalue weighted by atomic mass is 32.1. The van der Waals surface area contributed by atoms with Gasteiger partial charge in [-0.15, -0.1) is 10.2 Å². The van der Waals surface area contributed by atoms with Crippen LogP contribution in [0.4, 0.5) is 5.13 Å². The Balaban J connectivity index is 2.17. The molecule has 14 heavy (non-hydrogen) atoms. The maximum atomic E-state index is 5.96. The van der Waals surface area contributed by atoms with Gasteiger partial charge >= 0.3 is 0 Å². The molecule has 0 aromatic carbocycles. The summed E-state index contributed by atoms with van der Waals surface area (Å²) in [4.78, 5) is 2.28. The van der Waals surface area contributed by atoms with E-state index in [1.807, 2.05) is 13.8 Å². The molecular weight excluding hydrogens is 196 g/mol. The average molecular weight is 212 g/mol. The molecule has 0 aliphatic carbocycles. The second kappa shape index (κ2) is 3.47. The lowest BCUT2D eigenvalue weighted by atomic mass is 10.1. The van der Waals surface area contributed by atoms with Crippen molar-refractivity contribution in [2.24, 2.45) is 5.73 Å². The van der Waals surface area contributed by atoms with E-state index in [4.69, 9.17) is 5.73 Å². The average Bonchev–Trinajstić information content (AvgIpc) is 2.73. The van der Waals surface area contributed by atoms with Gasteiger partial charge in [-0.1, -0.05) is 11.3 Å². The first-order chi connectivity index (χ1) is 6.57. The van der Waals surface area contributed by atoms with Gasteiger partial charge in [0.15, 0.2) is 0 Å². The fourth-order valence-electron chi connectivity index (χ4n) is 1.51. The Labute approximate surface area is 88.1 Å². The molecule has 0 saturated carbocycles. The molecule has 0 unspecified atom stereocenters. The van der Waals surface area contributed by atoms with Gasteiger partial charge < -0.3 is 10.6 Å². The molecule has 2 rings (SSSR count). The molecular formula is C9H16N4S. The smallest absolute Gasteiger partial charge is 0.208 e. The number of nitrogens with two attached hydrogens (primary N) is 1. The molecule has 0 amide bonds. The van der Waals surface area contributed by atoms with Gasteiger partial charge in [0, 0.05) is 13.1 Å². The minimum Gasteiger partial charge on any atom is -0.347 e. The number of aromatic nitrogens is 2. The van der Waals surface area contributed by atoms with Crippen LogP contribution < -0.4 is 10.6 Å². The zero-order valence-electron chi connectivity index (χ0n) is 8.66. The molecule has 1 aromatic heterocycles. The summed E-state index contributed by atoms with van der Waals surface area (Å²) < 4.78 is 0. The van der Waals surface area contributed by atoms with Gasteiger partial charge in [0.1, 0.15) is 5.01 Å². The zero-order valence-corrected chi connectivity index (χ0v) is 9.47. The van der Waals surface area contributed by atoms with Crippen molar-refractivity contribution in [3.63, 3.8) is 0 Å². The van der Waals surface area contributed by atoms with Crippen LogP contribution in [0.3, 0.4) is 0 Å². The lowest BCUT2D eigenvalue weighted by molar-refractivity contribution is 0.544. The Morgan fingerprint density at radius 3 is 2.43 bits per heavy atom. The topological polar surface area (TPSA) is 55.0 Å². The third-order valence-corrected chi connectivity index (χ3v) is 3.67. The van der Waals surface area contributed by atoms with Crippen molar-refractivity contribution in [1.29, 1.82) is 0 Å². The highest BCUT2D eigenvalue weighted by Gasteiger charge is 2.23. The van der Waals surface area contributed by atoms with E-state index in [9.17, 15) is 0 Å². The summed E-state index contributed by atoms with van der Waals surface area (Å²) in [7, 11) is 0. The third kappa shape index (κ3) is 1.88. The number of hydrogen-bond acceptors (Lipinski definition) is 5. The van der Waals surface area contributed by atoms with E-state index in [0.717, 1.165) is 23.2 Å². The third-order valence-electron chi connectivity index (χ3n) is 2.34. The summed E-state index contributed by atoms with van der Waals surface area (Å²) in [6.07, 6.45) is 2.53. The molecule has 0 bridgehead atoms. The van der Waals surface area contributed by atoms with Crippen molar-refractivity contribution in [2.75, 3.05) is 18.0 Å². The van der Waals surface area contributed by atoms with Gasteiger partial charge in [0.2, 0.25) is 5.13 Å². The summed E-state index contributed by atoms with van der Waals surface area (Å²) in [6.45, 7) is 6.14. The predicted octanol–water partition coefficient (Wildman–Crippen LogP) is 1.33. The monoisotopic (exact) mass is 212 g/mol. The van der Waals surface area contributed by atoms with Crippen molar-refractivity contribution in [2.45, 2.75) is 32.2 Å². The fourth-order valence-corrected chi connectivity index (χ4v) is 2.42. The van der Waals surface area contributed by atoms with Crippen molar-refractivity contribution < 1.29 is 0 Å². The van der Waals surface area contributed by atoms with E-state index in [0.29, 0.717) is 0 Å². The molecule has 0 atom stereocenters. The Morgan fingerprint density at radius 1 is 1.29 bits per heavy atom. The molecule has 1 aliphatic rings. The van der Waals surface area contributed by atoms with E-state index < -0.39 is 0 Å². The molecule has 0 radical (unpaired) electrons. The number of nitrogens with zero attached hydrogens (tertiary/aromatic N) is 3. The molecule has 2 N–H and O–H groups in total. The fraction of sp³-hybridized carbons (Fsp3) is 0.778. The number of rotatable bonds is 2. The Kier molecular flexibility index (Phi) is 2.45. The van der Waals surface area contributed by atoms with E-state index in [1.165, 1.54) is 12.8 Å². The molecule has 4 nitrogen and oxygen atoms in total. The molecule has 0 spiro atoms. The van der Waals surface area contributed by atoms with Crippen LogP contribution in [-0.2, 0) is 5.54 Å². The molecule has 1 fully saturated rings. The van der Waals surface area contributed by atoms with Crippen LogP contribution in [0, 0.1) is 0 Å². The minimum atomic E-state index is -0.365. The largest absolute Gasteiger partial charge is 0.347 e. The molecule has 1 aromatic rings. The highest BCUT2D eigenvalue weighted by Crippen LogP contribution is 2.28. The molecule has 1 saturated heterocycles. The SMILES string of the molecule is CC(C)(N)c1nnc(N2CCCC2)s1. The van der Waals surface area contributed by atoms with E-state index in [2.05, 4.69) is 15.1 Å². The van der Waals surface area contributed by atoms with Crippen molar-refractivity contribution in [3.05, 3.63) is 5.01 Å². The van der Waals surface area contributed by atoms with Gasteiger partial charge in [-0.25, -0.2) is 0 Å². The van der Waals surface area contributed by atoms with Gasteiger partial charge in [-0.2, -0.15) is 0 Å². The van der Waals surface area contributed by atoms with E-state index in [1.54, 1.807) is 11.3 Å². The first kappa shape index (κ1) is 9.86. The van der Waals surface area contributed by atoms with Crippen LogP contribution in [0.5, 0.6) is 0 Å². The van der Waals surface area contributed by atoms with Gasteiger partial charge in [-0.3, -0.25) is 0 Å². The van der Waals surface area contributed by atoms with Crippen molar-refractivity contribution in [1.82, 2.24) is 10.2 Å².